The van der Waals surface area contributed by atoms with E-state index in [1.807, 2.05) is 11.8 Å². The Bertz CT molecular complexity index is 1060. The van der Waals surface area contributed by atoms with Crippen LogP contribution in [0.4, 0.5) is 0 Å². The van der Waals surface area contributed by atoms with Crippen molar-refractivity contribution < 1.29 is 51.0 Å². The summed E-state index contributed by atoms with van der Waals surface area (Å²) in [6.07, 6.45) is 0. The number of halogens is 4. The van der Waals surface area contributed by atoms with Crippen LogP contribution in [-0.4, -0.2) is 0 Å². The minimum Gasteiger partial charge on any atom is -1.00 e. The van der Waals surface area contributed by atoms with E-state index in [4.69, 9.17) is 0 Å². The van der Waals surface area contributed by atoms with Crippen LogP contribution in [0.15, 0.2) is 55.1 Å². The van der Waals surface area contributed by atoms with Gasteiger partial charge in [-0.3, -0.25) is 0 Å². The van der Waals surface area contributed by atoms with Crippen molar-refractivity contribution in [1.82, 2.24) is 0 Å². The number of hydrogen-bond acceptors (Lipinski definition) is 1. The Kier molecular flexibility index (Phi) is 9.61. The van der Waals surface area contributed by atoms with E-state index in [1.165, 1.54) is 62.5 Å². The fourth-order valence-corrected chi connectivity index (χ4v) is 5.61. The summed E-state index contributed by atoms with van der Waals surface area (Å²) in [5, 5.41) is 5.28. The van der Waals surface area contributed by atoms with Gasteiger partial charge in [0.05, 0.1) is 0 Å². The standard InChI is InChI=1S/C22H18Br2S.2ClH.Zr/c1-11-5-15-17(7-11)21(23)13(3)9-19(15)25-20-10-14(4)22(24)18-8-12(2)6-16(18)20;;;/h5-10H,1-4H3;2*1H;/q-2;;;+4/p-2. The molecule has 0 N–H and O–H groups in total. The second-order valence-electron chi connectivity index (χ2n) is 6.83. The van der Waals surface area contributed by atoms with Crippen molar-refractivity contribution in [3.8, 4) is 0 Å². The molecule has 4 rings (SSSR count). The Morgan fingerprint density at radius 1 is 0.679 bits per heavy atom. The van der Waals surface area contributed by atoms with E-state index >= 15 is 0 Å². The number of rotatable bonds is 2. The molecule has 0 amide bonds. The van der Waals surface area contributed by atoms with Crippen molar-refractivity contribution in [2.24, 2.45) is 0 Å². The Balaban J connectivity index is 0.00000131. The molecule has 0 fully saturated rings. The van der Waals surface area contributed by atoms with Gasteiger partial charge in [-0.1, -0.05) is 46.1 Å². The summed E-state index contributed by atoms with van der Waals surface area (Å²) in [5.74, 6) is 0. The number of benzene rings is 2. The van der Waals surface area contributed by atoms with Crippen LogP contribution in [0, 0.1) is 27.7 Å². The first kappa shape index (κ1) is 26.5. The van der Waals surface area contributed by atoms with E-state index in [1.54, 1.807) is 0 Å². The topological polar surface area (TPSA) is 0 Å². The smallest absolute Gasteiger partial charge is 1.00 e. The molecule has 0 atom stereocenters. The van der Waals surface area contributed by atoms with Crippen molar-refractivity contribution in [2.45, 2.75) is 37.5 Å². The van der Waals surface area contributed by atoms with Crippen LogP contribution >= 0.6 is 43.6 Å². The van der Waals surface area contributed by atoms with Gasteiger partial charge in [0.2, 0.25) is 0 Å². The zero-order chi connectivity index (χ0) is 17.9. The molecule has 28 heavy (non-hydrogen) atoms. The molecule has 0 heterocycles. The Morgan fingerprint density at radius 2 is 1.04 bits per heavy atom. The van der Waals surface area contributed by atoms with E-state index in [-0.39, 0.29) is 51.0 Å². The van der Waals surface area contributed by atoms with Crippen LogP contribution < -0.4 is 24.8 Å². The molecule has 0 aliphatic carbocycles. The van der Waals surface area contributed by atoms with Crippen molar-refractivity contribution >= 4 is 65.2 Å². The number of aryl methyl sites for hydroxylation is 4. The van der Waals surface area contributed by atoms with Crippen molar-refractivity contribution in [3.63, 3.8) is 0 Å². The average Bonchev–Trinajstić information content (AvgIpc) is 3.13. The molecule has 0 radical (unpaired) electrons. The van der Waals surface area contributed by atoms with Gasteiger partial charge in [0.25, 0.3) is 0 Å². The zero-order valence-electron chi connectivity index (χ0n) is 15.9. The third kappa shape index (κ3) is 4.68. The van der Waals surface area contributed by atoms with E-state index in [0.29, 0.717) is 0 Å². The van der Waals surface area contributed by atoms with Gasteiger partial charge in [-0.25, -0.2) is 0 Å². The molecular formula is C22H18Br2Cl2SZr. The summed E-state index contributed by atoms with van der Waals surface area (Å²) < 4.78 is 2.42. The van der Waals surface area contributed by atoms with Crippen LogP contribution in [-0.2, 0) is 26.2 Å². The van der Waals surface area contributed by atoms with Crippen molar-refractivity contribution in [3.05, 3.63) is 67.6 Å². The minimum absolute atomic E-state index is 0. The molecular weight excluding hydrogens is 618 g/mol. The Labute approximate surface area is 219 Å². The quantitative estimate of drug-likeness (QED) is 0.305. The molecule has 0 aromatic heterocycles. The summed E-state index contributed by atoms with van der Waals surface area (Å²) in [5.41, 5.74) is 5.18. The van der Waals surface area contributed by atoms with Crippen LogP contribution in [0.2, 0.25) is 0 Å². The molecule has 4 aromatic rings. The van der Waals surface area contributed by atoms with Crippen LogP contribution in [0.1, 0.15) is 22.3 Å². The van der Waals surface area contributed by atoms with Crippen molar-refractivity contribution in [2.75, 3.05) is 0 Å². The molecule has 0 unspecified atom stereocenters. The fourth-order valence-electron chi connectivity index (χ4n) is 3.46. The normalized spacial score (nSPS) is 10.5. The summed E-state index contributed by atoms with van der Waals surface area (Å²) in [7, 11) is 0. The van der Waals surface area contributed by atoms with E-state index in [9.17, 15) is 0 Å². The van der Waals surface area contributed by atoms with Gasteiger partial charge in [-0.15, -0.1) is 88.4 Å². The monoisotopic (exact) mass is 632 g/mol. The van der Waals surface area contributed by atoms with Gasteiger partial charge in [0, 0.05) is 0 Å². The average molecular weight is 636 g/mol. The second kappa shape index (κ2) is 10.2. The maximum atomic E-state index is 3.76. The molecule has 0 aliphatic rings. The van der Waals surface area contributed by atoms with Gasteiger partial charge in [0.1, 0.15) is 0 Å². The molecule has 0 saturated carbocycles. The minimum atomic E-state index is 0. The third-order valence-corrected chi connectivity index (χ3v) is 7.90. The molecule has 0 nitrogen and oxygen atoms in total. The fraction of sp³-hybridized carbons (Fsp3) is 0.182. The maximum Gasteiger partial charge on any atom is 4.00 e. The first-order valence-electron chi connectivity index (χ1n) is 8.25. The van der Waals surface area contributed by atoms with Crippen LogP contribution in [0.5, 0.6) is 0 Å². The summed E-state index contributed by atoms with van der Waals surface area (Å²) in [4.78, 5) is 2.65. The van der Waals surface area contributed by atoms with E-state index < -0.39 is 0 Å². The predicted molar refractivity (Wildman–Crippen MR) is 118 cm³/mol. The van der Waals surface area contributed by atoms with Gasteiger partial charge >= 0.3 is 26.2 Å². The van der Waals surface area contributed by atoms with E-state index in [0.717, 1.165) is 0 Å². The zero-order valence-corrected chi connectivity index (χ0v) is 23.8. The summed E-state index contributed by atoms with van der Waals surface area (Å²) in [6, 6.07) is 13.7. The predicted octanol–water partition coefficient (Wildman–Crippen LogP) is 2.35. The molecule has 6 heteroatoms. The molecule has 0 spiro atoms. The van der Waals surface area contributed by atoms with Gasteiger partial charge in [-0.2, -0.15) is 12.1 Å². The first-order valence-corrected chi connectivity index (χ1v) is 10.7. The maximum absolute atomic E-state index is 3.76. The molecule has 4 aromatic carbocycles. The summed E-state index contributed by atoms with van der Waals surface area (Å²) >= 11 is 9.40. The third-order valence-electron chi connectivity index (χ3n) is 4.68. The largest absolute Gasteiger partial charge is 4.00 e. The molecule has 0 saturated heterocycles. The van der Waals surface area contributed by atoms with Gasteiger partial charge in [-0.05, 0) is 23.6 Å². The van der Waals surface area contributed by atoms with Gasteiger partial charge < -0.3 is 24.8 Å². The summed E-state index contributed by atoms with van der Waals surface area (Å²) in [6.45, 7) is 8.67. The SMILES string of the molecule is Cc1cc2c(Sc3cc(C)c(Br)c4[cH-]c(C)cc34)cc(C)c(Br)c2[cH-]1.[Cl-].[Cl-].[Zr+4]. The van der Waals surface area contributed by atoms with Crippen LogP contribution in [0.3, 0.4) is 0 Å². The number of fused-ring (bicyclic) bond motifs is 2. The molecule has 0 bridgehead atoms. The van der Waals surface area contributed by atoms with Crippen molar-refractivity contribution in [1.29, 1.82) is 0 Å². The van der Waals surface area contributed by atoms with Gasteiger partial charge in [0.15, 0.2) is 0 Å². The number of hydrogen-bond donors (Lipinski definition) is 0. The Morgan fingerprint density at radius 3 is 1.39 bits per heavy atom. The second-order valence-corrected chi connectivity index (χ2v) is 9.50. The first-order chi connectivity index (χ1) is 11.8. The Hall–Kier alpha value is 0.433. The molecule has 144 valence electrons. The van der Waals surface area contributed by atoms with Crippen LogP contribution in [0.25, 0.3) is 21.5 Å². The molecule has 0 aliphatic heterocycles. The van der Waals surface area contributed by atoms with E-state index in [2.05, 4.69) is 96.0 Å².